The quantitative estimate of drug-likeness (QED) is 0.904. The SMILES string of the molecule is CCC1NC(=O)CC(C)N(Cc2cc(Br)ccc2F)C1=O. The molecule has 1 aromatic carbocycles. The molecule has 2 unspecified atom stereocenters. The van der Waals surface area contributed by atoms with Crippen LogP contribution < -0.4 is 5.32 Å². The zero-order valence-corrected chi connectivity index (χ0v) is 13.6. The molecule has 1 aliphatic rings. The van der Waals surface area contributed by atoms with Crippen LogP contribution in [0.15, 0.2) is 22.7 Å². The zero-order chi connectivity index (χ0) is 15.6. The lowest BCUT2D eigenvalue weighted by Gasteiger charge is -2.28. The molecule has 0 bridgehead atoms. The first-order chi connectivity index (χ1) is 9.92. The number of hydrogen-bond acceptors (Lipinski definition) is 2. The van der Waals surface area contributed by atoms with Gasteiger partial charge in [0.05, 0.1) is 0 Å². The molecule has 1 saturated heterocycles. The Labute approximate surface area is 131 Å². The molecule has 4 nitrogen and oxygen atoms in total. The molecular weight excluding hydrogens is 339 g/mol. The summed E-state index contributed by atoms with van der Waals surface area (Å²) in [6, 6.07) is 3.86. The highest BCUT2D eigenvalue weighted by molar-refractivity contribution is 9.10. The number of carbonyl (C=O) groups is 2. The average Bonchev–Trinajstić information content (AvgIpc) is 2.53. The second kappa shape index (κ2) is 6.56. The third-order valence-corrected chi connectivity index (χ3v) is 4.18. The second-order valence-electron chi connectivity index (χ2n) is 5.28. The van der Waals surface area contributed by atoms with Gasteiger partial charge in [-0.05, 0) is 31.5 Å². The summed E-state index contributed by atoms with van der Waals surface area (Å²) in [5, 5.41) is 2.72. The van der Waals surface area contributed by atoms with Crippen LogP contribution in [-0.4, -0.2) is 28.8 Å². The molecule has 1 aromatic rings. The largest absolute Gasteiger partial charge is 0.344 e. The predicted octanol–water partition coefficient (Wildman–Crippen LogP) is 2.60. The second-order valence-corrected chi connectivity index (χ2v) is 6.20. The van der Waals surface area contributed by atoms with Crippen molar-refractivity contribution in [1.29, 1.82) is 0 Å². The lowest BCUT2D eigenvalue weighted by atomic mass is 10.1. The first-order valence-electron chi connectivity index (χ1n) is 6.96. The van der Waals surface area contributed by atoms with Crippen molar-refractivity contribution in [2.45, 2.75) is 45.3 Å². The maximum Gasteiger partial charge on any atom is 0.245 e. The van der Waals surface area contributed by atoms with Crippen LogP contribution >= 0.6 is 15.9 Å². The van der Waals surface area contributed by atoms with Gasteiger partial charge < -0.3 is 10.2 Å². The molecule has 0 saturated carbocycles. The van der Waals surface area contributed by atoms with Gasteiger partial charge in [-0.3, -0.25) is 9.59 Å². The van der Waals surface area contributed by atoms with Gasteiger partial charge in [0.25, 0.3) is 0 Å². The first-order valence-corrected chi connectivity index (χ1v) is 7.75. The molecule has 0 spiro atoms. The van der Waals surface area contributed by atoms with Crippen LogP contribution in [0.1, 0.15) is 32.3 Å². The average molecular weight is 357 g/mol. The smallest absolute Gasteiger partial charge is 0.245 e. The van der Waals surface area contributed by atoms with E-state index in [0.29, 0.717) is 12.0 Å². The van der Waals surface area contributed by atoms with Gasteiger partial charge in [-0.2, -0.15) is 0 Å². The highest BCUT2D eigenvalue weighted by atomic mass is 79.9. The number of nitrogens with zero attached hydrogens (tertiary/aromatic N) is 1. The summed E-state index contributed by atoms with van der Waals surface area (Å²) in [7, 11) is 0. The van der Waals surface area contributed by atoms with E-state index >= 15 is 0 Å². The Morgan fingerprint density at radius 3 is 2.81 bits per heavy atom. The van der Waals surface area contributed by atoms with Crippen molar-refractivity contribution in [3.63, 3.8) is 0 Å². The number of nitrogens with one attached hydrogen (secondary N) is 1. The fourth-order valence-corrected chi connectivity index (χ4v) is 2.88. The number of halogens is 2. The van der Waals surface area contributed by atoms with Gasteiger partial charge in [0, 0.05) is 29.0 Å². The molecule has 1 aliphatic heterocycles. The van der Waals surface area contributed by atoms with E-state index in [-0.39, 0.29) is 36.6 Å². The van der Waals surface area contributed by atoms with Crippen LogP contribution in [0.5, 0.6) is 0 Å². The minimum atomic E-state index is -0.530. The molecule has 1 N–H and O–H groups in total. The maximum absolute atomic E-state index is 13.9. The van der Waals surface area contributed by atoms with Crippen molar-refractivity contribution >= 4 is 27.7 Å². The van der Waals surface area contributed by atoms with Gasteiger partial charge >= 0.3 is 0 Å². The summed E-state index contributed by atoms with van der Waals surface area (Å²) >= 11 is 3.31. The van der Waals surface area contributed by atoms with E-state index in [1.165, 1.54) is 6.07 Å². The fourth-order valence-electron chi connectivity index (χ4n) is 2.47. The molecule has 2 atom stereocenters. The maximum atomic E-state index is 13.9. The topological polar surface area (TPSA) is 49.4 Å². The first kappa shape index (κ1) is 15.9. The van der Waals surface area contributed by atoms with Crippen molar-refractivity contribution < 1.29 is 14.0 Å². The molecule has 6 heteroatoms. The van der Waals surface area contributed by atoms with E-state index in [0.717, 1.165) is 4.47 Å². The van der Waals surface area contributed by atoms with Crippen molar-refractivity contribution in [3.8, 4) is 0 Å². The minimum absolute atomic E-state index is 0.139. The molecule has 114 valence electrons. The van der Waals surface area contributed by atoms with Gasteiger partial charge in [-0.25, -0.2) is 4.39 Å². The Kier molecular flexibility index (Phi) is 4.98. The van der Waals surface area contributed by atoms with Crippen molar-refractivity contribution in [1.82, 2.24) is 10.2 Å². The van der Waals surface area contributed by atoms with Crippen LogP contribution in [0.3, 0.4) is 0 Å². The Hall–Kier alpha value is -1.43. The molecule has 0 aromatic heterocycles. The number of rotatable bonds is 3. The van der Waals surface area contributed by atoms with E-state index in [1.807, 2.05) is 13.8 Å². The number of carbonyl (C=O) groups excluding carboxylic acids is 2. The number of amides is 2. The van der Waals surface area contributed by atoms with E-state index in [9.17, 15) is 14.0 Å². The molecule has 2 amide bonds. The van der Waals surface area contributed by atoms with E-state index in [2.05, 4.69) is 21.2 Å². The summed E-state index contributed by atoms with van der Waals surface area (Å²) < 4.78 is 14.7. The fraction of sp³-hybridized carbons (Fsp3) is 0.467. The molecule has 0 aliphatic carbocycles. The van der Waals surface area contributed by atoms with Crippen molar-refractivity contribution in [3.05, 3.63) is 34.1 Å². The molecular formula is C15H18BrFN2O2. The molecule has 21 heavy (non-hydrogen) atoms. The summed E-state index contributed by atoms with van der Waals surface area (Å²) in [5.41, 5.74) is 0.439. The summed E-state index contributed by atoms with van der Waals surface area (Å²) in [5.74, 6) is -0.648. The van der Waals surface area contributed by atoms with Gasteiger partial charge in [0.2, 0.25) is 11.8 Å². The van der Waals surface area contributed by atoms with Gasteiger partial charge in [-0.15, -0.1) is 0 Å². The van der Waals surface area contributed by atoms with Crippen LogP contribution in [0.4, 0.5) is 4.39 Å². The monoisotopic (exact) mass is 356 g/mol. The van der Waals surface area contributed by atoms with Gasteiger partial charge in [0.1, 0.15) is 11.9 Å². The summed E-state index contributed by atoms with van der Waals surface area (Å²) in [6.45, 7) is 3.82. The number of hydrogen-bond donors (Lipinski definition) is 1. The lowest BCUT2D eigenvalue weighted by molar-refractivity contribution is -0.135. The summed E-state index contributed by atoms with van der Waals surface area (Å²) in [6.07, 6.45) is 0.757. The minimum Gasteiger partial charge on any atom is -0.344 e. The van der Waals surface area contributed by atoms with Crippen LogP contribution in [0.25, 0.3) is 0 Å². The Balaban J connectivity index is 2.28. The molecule has 0 radical (unpaired) electrons. The van der Waals surface area contributed by atoms with Crippen molar-refractivity contribution in [2.24, 2.45) is 0 Å². The predicted molar refractivity (Wildman–Crippen MR) is 81.0 cm³/mol. The molecule has 2 rings (SSSR count). The van der Waals surface area contributed by atoms with Crippen LogP contribution in [0, 0.1) is 5.82 Å². The van der Waals surface area contributed by atoms with Gasteiger partial charge in [-0.1, -0.05) is 22.9 Å². The van der Waals surface area contributed by atoms with E-state index in [1.54, 1.807) is 17.0 Å². The van der Waals surface area contributed by atoms with Gasteiger partial charge in [0.15, 0.2) is 0 Å². The zero-order valence-electron chi connectivity index (χ0n) is 12.0. The molecule has 1 fully saturated rings. The Morgan fingerprint density at radius 1 is 1.43 bits per heavy atom. The molecule has 1 heterocycles. The summed E-state index contributed by atoms with van der Waals surface area (Å²) in [4.78, 5) is 25.8. The van der Waals surface area contributed by atoms with Crippen molar-refractivity contribution in [2.75, 3.05) is 0 Å². The van der Waals surface area contributed by atoms with Crippen LogP contribution in [0.2, 0.25) is 0 Å². The number of benzene rings is 1. The standard InChI is InChI=1S/C15H18BrFN2O2/c1-3-13-15(21)19(9(2)6-14(20)18-13)8-10-7-11(16)4-5-12(10)17/h4-5,7,9,13H,3,6,8H2,1-2H3,(H,18,20). The Morgan fingerprint density at radius 2 is 2.14 bits per heavy atom. The highest BCUT2D eigenvalue weighted by Gasteiger charge is 2.33. The lowest BCUT2D eigenvalue weighted by Crippen LogP contribution is -2.45. The normalized spacial score (nSPS) is 23.0. The van der Waals surface area contributed by atoms with E-state index < -0.39 is 6.04 Å². The van der Waals surface area contributed by atoms with Crippen LogP contribution in [-0.2, 0) is 16.1 Å². The third-order valence-electron chi connectivity index (χ3n) is 3.69. The highest BCUT2D eigenvalue weighted by Crippen LogP contribution is 2.21. The third kappa shape index (κ3) is 3.61. The Bertz CT molecular complexity index is 565. The van der Waals surface area contributed by atoms with E-state index in [4.69, 9.17) is 0 Å².